The molecule has 5 nitrogen and oxygen atoms in total. The molecule has 1 aromatic carbocycles. The van der Waals surface area contributed by atoms with Crippen LogP contribution in [0.5, 0.6) is 0 Å². The van der Waals surface area contributed by atoms with Gasteiger partial charge in [0.25, 0.3) is 5.69 Å². The predicted molar refractivity (Wildman–Crippen MR) is 82.4 cm³/mol. The Morgan fingerprint density at radius 2 is 2.14 bits per heavy atom. The van der Waals surface area contributed by atoms with Crippen LogP contribution in [-0.4, -0.2) is 15.9 Å². The lowest BCUT2D eigenvalue weighted by molar-refractivity contribution is -0.385. The van der Waals surface area contributed by atoms with Gasteiger partial charge >= 0.3 is 0 Å². The molecule has 0 atom stereocenters. The Balaban J connectivity index is 3.40. The molecule has 1 aromatic rings. The highest BCUT2D eigenvalue weighted by Crippen LogP contribution is 2.33. The number of rotatable bonds is 5. The summed E-state index contributed by atoms with van der Waals surface area (Å²) >= 11 is 11.5. The van der Waals surface area contributed by atoms with Gasteiger partial charge in [-0.15, -0.1) is 11.6 Å². The average molecular weight is 329 g/mol. The van der Waals surface area contributed by atoms with Crippen molar-refractivity contribution < 1.29 is 10.0 Å². The molecule has 0 heterocycles. The molecule has 0 aromatic heterocycles. The van der Waals surface area contributed by atoms with E-state index in [1.807, 2.05) is 19.9 Å². The number of nitro benzene ring substituents is 1. The van der Waals surface area contributed by atoms with Crippen molar-refractivity contribution in [3.63, 3.8) is 0 Å². The third-order valence-corrected chi connectivity index (χ3v) is 3.81. The first-order valence-corrected chi connectivity index (χ1v) is 6.95. The Morgan fingerprint density at radius 1 is 1.52 bits per heavy atom. The minimum absolute atomic E-state index is 0.0358. The van der Waals surface area contributed by atoms with Crippen molar-refractivity contribution in [1.82, 2.24) is 0 Å². The van der Waals surface area contributed by atoms with E-state index < -0.39 is 16.1 Å². The summed E-state index contributed by atoms with van der Waals surface area (Å²) in [5, 5.41) is 30.6. The van der Waals surface area contributed by atoms with Gasteiger partial charge in [-0.05, 0) is 24.0 Å². The molecule has 0 radical (unpaired) electrons. The summed E-state index contributed by atoms with van der Waals surface area (Å²) in [5.74, 6) is -0.132. The molecule has 0 aliphatic heterocycles. The molecule has 0 aliphatic carbocycles. The van der Waals surface area contributed by atoms with E-state index in [0.717, 1.165) is 6.07 Å². The molecule has 1 rings (SSSR count). The fourth-order valence-electron chi connectivity index (χ4n) is 1.72. The molecule has 7 heteroatoms. The first-order valence-electron chi connectivity index (χ1n) is 6.04. The number of aliphatic hydroxyl groups excluding tert-OH is 1. The molecule has 1 N–H and O–H groups in total. The van der Waals surface area contributed by atoms with Crippen molar-refractivity contribution in [2.75, 3.05) is 5.88 Å². The van der Waals surface area contributed by atoms with Gasteiger partial charge in [0.05, 0.1) is 22.1 Å². The molecule has 0 amide bonds. The van der Waals surface area contributed by atoms with Crippen LogP contribution in [-0.2, 0) is 0 Å². The maximum Gasteiger partial charge on any atom is 0.281 e. The molecule has 0 saturated carbocycles. The van der Waals surface area contributed by atoms with E-state index in [9.17, 15) is 20.5 Å². The highest BCUT2D eigenvalue weighted by molar-refractivity contribution is 6.30. The van der Waals surface area contributed by atoms with Gasteiger partial charge in [0.1, 0.15) is 5.76 Å². The molecule has 0 bridgehead atoms. The topological polar surface area (TPSA) is 87.2 Å². The minimum atomic E-state index is -0.654. The van der Waals surface area contributed by atoms with Gasteiger partial charge in [-0.2, -0.15) is 5.26 Å². The summed E-state index contributed by atoms with van der Waals surface area (Å²) in [4.78, 5) is 10.4. The monoisotopic (exact) mass is 328 g/mol. The zero-order valence-electron chi connectivity index (χ0n) is 11.6. The first kappa shape index (κ1) is 17.3. The van der Waals surface area contributed by atoms with Crippen LogP contribution in [0, 0.1) is 26.9 Å². The van der Waals surface area contributed by atoms with E-state index in [0.29, 0.717) is 0 Å². The number of alkyl halides is 1. The normalized spacial score (nSPS) is 12.5. The smallest absolute Gasteiger partial charge is 0.281 e. The Kier molecular flexibility index (Phi) is 5.59. The van der Waals surface area contributed by atoms with Gasteiger partial charge in [0, 0.05) is 17.0 Å². The molecular weight excluding hydrogens is 315 g/mol. The van der Waals surface area contributed by atoms with Crippen molar-refractivity contribution in [3.8, 4) is 6.07 Å². The summed E-state index contributed by atoms with van der Waals surface area (Å²) in [5.41, 5.74) is -0.754. The molecule has 0 aliphatic rings. The standard InChI is InChI=1S/C14H14Cl2N2O3/c1-14(2,8-15)6-9(7-17)13(19)11-4-3-10(16)5-12(11)18(20)21/h3-5,19H,6,8H2,1-2H3. The number of nitriles is 1. The van der Waals surface area contributed by atoms with Crippen molar-refractivity contribution in [3.05, 3.63) is 44.5 Å². The highest BCUT2D eigenvalue weighted by atomic mass is 35.5. The molecule has 0 saturated heterocycles. The zero-order chi connectivity index (χ0) is 16.2. The lowest BCUT2D eigenvalue weighted by atomic mass is 9.87. The predicted octanol–water partition coefficient (Wildman–Crippen LogP) is 4.70. The molecule has 112 valence electrons. The fraction of sp³-hybridized carbons (Fsp3) is 0.357. The van der Waals surface area contributed by atoms with Gasteiger partial charge in [-0.1, -0.05) is 25.4 Å². The second-order valence-electron chi connectivity index (χ2n) is 5.33. The van der Waals surface area contributed by atoms with Gasteiger partial charge in [-0.25, -0.2) is 0 Å². The average Bonchev–Trinajstić information content (AvgIpc) is 2.44. The molecule has 0 fully saturated rings. The summed E-state index contributed by atoms with van der Waals surface area (Å²) < 4.78 is 0. The van der Waals surface area contributed by atoms with Crippen LogP contribution in [0.4, 0.5) is 5.69 Å². The number of nitro groups is 1. The van der Waals surface area contributed by atoms with Crippen molar-refractivity contribution in [2.24, 2.45) is 5.41 Å². The van der Waals surface area contributed by atoms with Crippen LogP contribution >= 0.6 is 23.2 Å². The molecular formula is C14H14Cl2N2O3. The Hall–Kier alpha value is -1.77. The van der Waals surface area contributed by atoms with Crippen LogP contribution in [0.3, 0.4) is 0 Å². The van der Waals surface area contributed by atoms with Crippen LogP contribution in [0.25, 0.3) is 5.76 Å². The Labute approximate surface area is 132 Å². The zero-order valence-corrected chi connectivity index (χ0v) is 13.1. The first-order chi connectivity index (χ1) is 9.71. The lowest BCUT2D eigenvalue weighted by Gasteiger charge is -2.21. The van der Waals surface area contributed by atoms with Crippen molar-refractivity contribution in [2.45, 2.75) is 20.3 Å². The van der Waals surface area contributed by atoms with Gasteiger partial charge in [0.15, 0.2) is 0 Å². The van der Waals surface area contributed by atoms with Crippen molar-refractivity contribution >= 4 is 34.6 Å². The van der Waals surface area contributed by atoms with E-state index in [2.05, 4.69) is 0 Å². The third-order valence-electron chi connectivity index (χ3n) is 2.85. The largest absolute Gasteiger partial charge is 0.506 e. The summed E-state index contributed by atoms with van der Waals surface area (Å²) in [7, 11) is 0. The third kappa shape index (κ3) is 4.35. The van der Waals surface area contributed by atoms with E-state index >= 15 is 0 Å². The number of aliphatic hydroxyl groups is 1. The molecule has 0 unspecified atom stereocenters. The number of allylic oxidation sites excluding steroid dienone is 1. The molecule has 0 spiro atoms. The minimum Gasteiger partial charge on any atom is -0.506 e. The van der Waals surface area contributed by atoms with E-state index in [-0.39, 0.29) is 34.1 Å². The second-order valence-corrected chi connectivity index (χ2v) is 6.04. The maximum absolute atomic E-state index is 11.0. The second kappa shape index (κ2) is 6.79. The highest BCUT2D eigenvalue weighted by Gasteiger charge is 2.25. The SMILES string of the molecule is CC(C)(CCl)CC(C#N)=C(O)c1ccc(Cl)cc1[N+](=O)[O-]. The summed E-state index contributed by atoms with van der Waals surface area (Å²) in [6.45, 7) is 3.67. The lowest BCUT2D eigenvalue weighted by Crippen LogP contribution is -2.14. The van der Waals surface area contributed by atoms with Gasteiger partial charge in [-0.3, -0.25) is 10.1 Å². The number of hydrogen-bond donors (Lipinski definition) is 1. The maximum atomic E-state index is 11.0. The van der Waals surface area contributed by atoms with Gasteiger partial charge in [0.2, 0.25) is 0 Å². The van der Waals surface area contributed by atoms with Crippen molar-refractivity contribution in [1.29, 1.82) is 5.26 Å². The van der Waals surface area contributed by atoms with Gasteiger partial charge < -0.3 is 5.11 Å². The Morgan fingerprint density at radius 3 is 2.62 bits per heavy atom. The van der Waals surface area contributed by atoms with Crippen LogP contribution < -0.4 is 0 Å². The van der Waals surface area contributed by atoms with Crippen LogP contribution in [0.2, 0.25) is 5.02 Å². The number of benzene rings is 1. The quantitative estimate of drug-likeness (QED) is 0.279. The number of halogens is 2. The van der Waals surface area contributed by atoms with E-state index in [4.69, 9.17) is 23.2 Å². The number of nitrogens with zero attached hydrogens (tertiary/aromatic N) is 2. The summed E-state index contributed by atoms with van der Waals surface area (Å²) in [6, 6.07) is 5.76. The fourth-order valence-corrected chi connectivity index (χ4v) is 1.98. The van der Waals surface area contributed by atoms with Crippen LogP contribution in [0.15, 0.2) is 23.8 Å². The molecule has 21 heavy (non-hydrogen) atoms. The number of hydrogen-bond acceptors (Lipinski definition) is 4. The van der Waals surface area contributed by atoms with Crippen LogP contribution in [0.1, 0.15) is 25.8 Å². The van der Waals surface area contributed by atoms with E-state index in [1.165, 1.54) is 12.1 Å². The summed E-state index contributed by atoms with van der Waals surface area (Å²) in [6.07, 6.45) is 0.207. The Bertz CT molecular complexity index is 634. The van der Waals surface area contributed by atoms with E-state index in [1.54, 1.807) is 0 Å².